The van der Waals surface area contributed by atoms with Crippen molar-refractivity contribution in [1.29, 1.82) is 0 Å². The van der Waals surface area contributed by atoms with Crippen LogP contribution in [-0.2, 0) is 0 Å². The summed E-state index contributed by atoms with van der Waals surface area (Å²) in [4.78, 5) is 12.4. The van der Waals surface area contributed by atoms with Gasteiger partial charge in [0.2, 0.25) is 5.82 Å². The number of carbonyl (C=O) groups excluding carboxylic acids is 1. The first-order valence-corrected chi connectivity index (χ1v) is 7.03. The molecule has 6 nitrogen and oxygen atoms in total. The molecule has 3 rings (SSSR count). The van der Waals surface area contributed by atoms with E-state index in [0.717, 1.165) is 11.1 Å². The average Bonchev–Trinajstić information content (AvgIpc) is 3.03. The molecule has 2 aromatic carbocycles. The molecular formula is C17H15N3O3. The number of rotatable bonds is 4. The molecule has 1 aromatic heterocycles. The quantitative estimate of drug-likeness (QED) is 0.800. The molecule has 1 N–H and O–H groups in total. The van der Waals surface area contributed by atoms with Gasteiger partial charge in [0.1, 0.15) is 5.75 Å². The Kier molecular flexibility index (Phi) is 4.05. The fraction of sp³-hybridized carbons (Fsp3) is 0.118. The van der Waals surface area contributed by atoms with Crippen molar-refractivity contribution in [2.24, 2.45) is 0 Å². The van der Waals surface area contributed by atoms with Gasteiger partial charge in [-0.3, -0.25) is 4.79 Å². The Labute approximate surface area is 133 Å². The van der Waals surface area contributed by atoms with Crippen LogP contribution in [0.2, 0.25) is 0 Å². The molecule has 116 valence electrons. The van der Waals surface area contributed by atoms with E-state index in [1.54, 1.807) is 24.3 Å². The summed E-state index contributed by atoms with van der Waals surface area (Å²) in [7, 11) is 1.52. The standard InChI is InChI=1S/C17H15N3O3/c1-11-7-9-12(10-8-11)15-16(20-23-19-15)18-17(21)13-5-3-4-6-14(13)22-2/h3-10H,1-2H3,(H,18,20,21). The molecule has 3 aromatic rings. The lowest BCUT2D eigenvalue weighted by molar-refractivity contribution is 0.102. The van der Waals surface area contributed by atoms with Crippen molar-refractivity contribution in [1.82, 2.24) is 10.3 Å². The molecule has 6 heteroatoms. The Morgan fingerprint density at radius 2 is 1.83 bits per heavy atom. The number of methoxy groups -OCH3 is 1. The third kappa shape index (κ3) is 3.06. The Hall–Kier alpha value is -3.15. The minimum absolute atomic E-state index is 0.268. The number of hydrogen-bond acceptors (Lipinski definition) is 5. The van der Waals surface area contributed by atoms with Crippen LogP contribution in [-0.4, -0.2) is 23.3 Å². The smallest absolute Gasteiger partial charge is 0.260 e. The van der Waals surface area contributed by atoms with Crippen LogP contribution in [0.5, 0.6) is 5.75 Å². The number of aromatic nitrogens is 2. The molecule has 0 unspecified atom stereocenters. The number of anilines is 1. The van der Waals surface area contributed by atoms with Gasteiger partial charge in [-0.25, -0.2) is 4.63 Å². The lowest BCUT2D eigenvalue weighted by atomic mass is 10.1. The highest BCUT2D eigenvalue weighted by molar-refractivity contribution is 6.06. The predicted molar refractivity (Wildman–Crippen MR) is 85.4 cm³/mol. The fourth-order valence-corrected chi connectivity index (χ4v) is 2.18. The second-order valence-electron chi connectivity index (χ2n) is 4.98. The molecule has 0 aliphatic heterocycles. The largest absolute Gasteiger partial charge is 0.496 e. The van der Waals surface area contributed by atoms with E-state index in [0.29, 0.717) is 17.0 Å². The molecule has 0 bridgehead atoms. The third-order valence-corrected chi connectivity index (χ3v) is 3.40. The van der Waals surface area contributed by atoms with Gasteiger partial charge in [0.25, 0.3) is 5.91 Å². The summed E-state index contributed by atoms with van der Waals surface area (Å²) >= 11 is 0. The molecular weight excluding hydrogens is 294 g/mol. The van der Waals surface area contributed by atoms with Crippen LogP contribution in [0, 0.1) is 6.92 Å². The molecule has 0 spiro atoms. The number of amides is 1. The summed E-state index contributed by atoms with van der Waals surface area (Å²) in [5.74, 6) is 0.412. The van der Waals surface area contributed by atoms with Crippen molar-refractivity contribution in [3.63, 3.8) is 0 Å². The zero-order valence-corrected chi connectivity index (χ0v) is 12.7. The van der Waals surface area contributed by atoms with Crippen molar-refractivity contribution in [3.05, 3.63) is 59.7 Å². The Morgan fingerprint density at radius 1 is 1.09 bits per heavy atom. The van der Waals surface area contributed by atoms with E-state index < -0.39 is 0 Å². The number of nitrogens with zero attached hydrogens (tertiary/aromatic N) is 2. The van der Waals surface area contributed by atoms with Crippen LogP contribution in [0.3, 0.4) is 0 Å². The van der Waals surface area contributed by atoms with Crippen molar-refractivity contribution >= 4 is 11.7 Å². The van der Waals surface area contributed by atoms with Gasteiger partial charge in [-0.05, 0) is 29.4 Å². The van der Waals surface area contributed by atoms with Gasteiger partial charge >= 0.3 is 0 Å². The lowest BCUT2D eigenvalue weighted by Gasteiger charge is -2.07. The molecule has 0 radical (unpaired) electrons. The molecule has 0 saturated carbocycles. The highest BCUT2D eigenvalue weighted by Gasteiger charge is 2.18. The molecule has 0 saturated heterocycles. The Bertz CT molecular complexity index is 825. The van der Waals surface area contributed by atoms with E-state index in [1.165, 1.54) is 7.11 Å². The normalized spacial score (nSPS) is 10.3. The van der Waals surface area contributed by atoms with Gasteiger partial charge in [-0.15, -0.1) is 0 Å². The van der Waals surface area contributed by atoms with E-state index in [4.69, 9.17) is 9.37 Å². The summed E-state index contributed by atoms with van der Waals surface area (Å²) in [5.41, 5.74) is 2.83. The molecule has 1 amide bonds. The second-order valence-corrected chi connectivity index (χ2v) is 4.98. The first-order valence-electron chi connectivity index (χ1n) is 7.03. The van der Waals surface area contributed by atoms with Gasteiger partial charge in [0.15, 0.2) is 5.69 Å². The van der Waals surface area contributed by atoms with Crippen LogP contribution >= 0.6 is 0 Å². The van der Waals surface area contributed by atoms with Gasteiger partial charge in [-0.1, -0.05) is 42.0 Å². The van der Waals surface area contributed by atoms with Crippen LogP contribution < -0.4 is 10.1 Å². The first-order chi connectivity index (χ1) is 11.2. The molecule has 23 heavy (non-hydrogen) atoms. The molecule has 0 aliphatic carbocycles. The summed E-state index contributed by atoms with van der Waals surface area (Å²) in [6, 6.07) is 14.7. The average molecular weight is 309 g/mol. The maximum atomic E-state index is 12.4. The first kappa shape index (κ1) is 14.8. The molecule has 0 aliphatic rings. The maximum Gasteiger partial charge on any atom is 0.260 e. The van der Waals surface area contributed by atoms with E-state index in [2.05, 4.69) is 15.6 Å². The number of para-hydroxylation sites is 1. The third-order valence-electron chi connectivity index (χ3n) is 3.40. The van der Waals surface area contributed by atoms with Gasteiger partial charge in [-0.2, -0.15) is 0 Å². The molecule has 1 heterocycles. The zero-order valence-electron chi connectivity index (χ0n) is 12.7. The predicted octanol–water partition coefficient (Wildman–Crippen LogP) is 3.31. The number of hydrogen-bond donors (Lipinski definition) is 1. The van der Waals surface area contributed by atoms with Crippen LogP contribution in [0.15, 0.2) is 53.2 Å². The highest BCUT2D eigenvalue weighted by atomic mass is 16.6. The SMILES string of the molecule is COc1ccccc1C(=O)Nc1nonc1-c1ccc(C)cc1. The van der Waals surface area contributed by atoms with Crippen molar-refractivity contribution in [3.8, 4) is 17.0 Å². The zero-order chi connectivity index (χ0) is 16.2. The van der Waals surface area contributed by atoms with Crippen LogP contribution in [0.4, 0.5) is 5.82 Å². The van der Waals surface area contributed by atoms with Crippen molar-refractivity contribution in [2.45, 2.75) is 6.92 Å². The minimum atomic E-state index is -0.341. The van der Waals surface area contributed by atoms with Crippen LogP contribution in [0.25, 0.3) is 11.3 Å². The monoisotopic (exact) mass is 309 g/mol. The fourth-order valence-electron chi connectivity index (χ4n) is 2.18. The summed E-state index contributed by atoms with van der Waals surface area (Å²) in [5, 5.41) is 10.4. The van der Waals surface area contributed by atoms with Gasteiger partial charge in [0, 0.05) is 5.56 Å². The highest BCUT2D eigenvalue weighted by Crippen LogP contribution is 2.26. The van der Waals surface area contributed by atoms with Crippen molar-refractivity contribution in [2.75, 3.05) is 12.4 Å². The van der Waals surface area contributed by atoms with E-state index in [9.17, 15) is 4.79 Å². The summed E-state index contributed by atoms with van der Waals surface area (Å²) < 4.78 is 9.97. The molecule has 0 atom stereocenters. The summed E-state index contributed by atoms with van der Waals surface area (Å²) in [6.45, 7) is 2.00. The number of ether oxygens (including phenoxy) is 1. The number of aryl methyl sites for hydroxylation is 1. The van der Waals surface area contributed by atoms with Gasteiger partial charge < -0.3 is 10.1 Å². The molecule has 0 fully saturated rings. The number of nitrogens with one attached hydrogen (secondary N) is 1. The Morgan fingerprint density at radius 3 is 2.57 bits per heavy atom. The number of benzene rings is 2. The summed E-state index contributed by atoms with van der Waals surface area (Å²) in [6.07, 6.45) is 0. The second kappa shape index (κ2) is 6.31. The van der Waals surface area contributed by atoms with E-state index in [1.807, 2.05) is 31.2 Å². The van der Waals surface area contributed by atoms with Crippen molar-refractivity contribution < 1.29 is 14.2 Å². The van der Waals surface area contributed by atoms with E-state index in [-0.39, 0.29) is 11.7 Å². The van der Waals surface area contributed by atoms with Gasteiger partial charge in [0.05, 0.1) is 12.7 Å². The Balaban J connectivity index is 1.88. The number of carbonyl (C=O) groups is 1. The van der Waals surface area contributed by atoms with E-state index >= 15 is 0 Å². The minimum Gasteiger partial charge on any atom is -0.496 e. The maximum absolute atomic E-state index is 12.4. The topological polar surface area (TPSA) is 77.2 Å². The van der Waals surface area contributed by atoms with Crippen LogP contribution in [0.1, 0.15) is 15.9 Å². The lowest BCUT2D eigenvalue weighted by Crippen LogP contribution is -2.14.